The predicted molar refractivity (Wildman–Crippen MR) is 93.2 cm³/mol. The normalized spacial score (nSPS) is 17.8. The number of carbonyl (C=O) groups excluding carboxylic acids is 1. The average Bonchev–Trinajstić information content (AvgIpc) is 2.92. The quantitative estimate of drug-likeness (QED) is 0.771. The van der Waals surface area contributed by atoms with Crippen molar-refractivity contribution in [2.45, 2.75) is 38.7 Å². The molecule has 0 aromatic heterocycles. The van der Waals surface area contributed by atoms with Crippen molar-refractivity contribution in [3.8, 4) is 0 Å². The van der Waals surface area contributed by atoms with E-state index in [1.807, 2.05) is 26.8 Å². The lowest BCUT2D eigenvalue weighted by atomic mass is 9.95. The standard InChI is InChI=1S/C14H17F2N.C5H10O2/c1-10(8-15)13-4-3-11(7-14(13)16)12-5-6-17(2)9-12;1-5(2,3)7-4-6/h3-4,7,12H,1,5-6,8-9H2,2H3;4H,1-3H3. The first-order valence-corrected chi connectivity index (χ1v) is 8.01. The van der Waals surface area contributed by atoms with E-state index >= 15 is 0 Å². The highest BCUT2D eigenvalue weighted by molar-refractivity contribution is 5.64. The van der Waals surface area contributed by atoms with E-state index in [-0.39, 0.29) is 17.0 Å². The SMILES string of the molecule is C=C(CF)c1ccc(C2CCN(C)C2)cc1F.CC(C)(C)OC=O. The largest absolute Gasteiger partial charge is 0.462 e. The molecule has 0 radical (unpaired) electrons. The van der Waals surface area contributed by atoms with E-state index in [1.54, 1.807) is 6.07 Å². The van der Waals surface area contributed by atoms with Crippen LogP contribution in [0.2, 0.25) is 0 Å². The molecule has 0 N–H and O–H groups in total. The van der Waals surface area contributed by atoms with Gasteiger partial charge in [0.1, 0.15) is 18.1 Å². The maximum Gasteiger partial charge on any atom is 0.293 e. The van der Waals surface area contributed by atoms with Crippen molar-refractivity contribution in [3.05, 3.63) is 41.7 Å². The van der Waals surface area contributed by atoms with Gasteiger partial charge in [-0.2, -0.15) is 0 Å². The summed E-state index contributed by atoms with van der Waals surface area (Å²) in [7, 11) is 2.07. The Labute approximate surface area is 143 Å². The molecule has 2 rings (SSSR count). The molecule has 0 spiro atoms. The Morgan fingerprint density at radius 1 is 1.46 bits per heavy atom. The Hall–Kier alpha value is -1.75. The van der Waals surface area contributed by atoms with E-state index in [4.69, 9.17) is 0 Å². The number of allylic oxidation sites excluding steroid dienone is 1. The second kappa shape index (κ2) is 8.92. The Morgan fingerprint density at radius 3 is 2.50 bits per heavy atom. The topological polar surface area (TPSA) is 29.5 Å². The summed E-state index contributed by atoms with van der Waals surface area (Å²) in [6, 6.07) is 5.06. The van der Waals surface area contributed by atoms with Gasteiger partial charge in [-0.05, 0) is 63.9 Å². The number of likely N-dealkylation sites (N-methyl/N-ethyl adjacent to an activating group) is 1. The van der Waals surface area contributed by atoms with Gasteiger partial charge in [-0.15, -0.1) is 0 Å². The first kappa shape index (κ1) is 20.3. The highest BCUT2D eigenvalue weighted by Crippen LogP contribution is 2.28. The van der Waals surface area contributed by atoms with Crippen LogP contribution >= 0.6 is 0 Å². The molecule has 134 valence electrons. The molecular weight excluding hydrogens is 312 g/mol. The second-order valence-corrected chi connectivity index (χ2v) is 7.05. The summed E-state index contributed by atoms with van der Waals surface area (Å²) >= 11 is 0. The summed E-state index contributed by atoms with van der Waals surface area (Å²) in [5.74, 6) is 0.0295. The lowest BCUT2D eigenvalue weighted by Crippen LogP contribution is -2.17. The summed E-state index contributed by atoms with van der Waals surface area (Å²) in [4.78, 5) is 11.8. The fourth-order valence-corrected chi connectivity index (χ4v) is 2.50. The molecule has 0 amide bonds. The predicted octanol–water partition coefficient (Wildman–Crippen LogP) is 4.19. The molecule has 3 nitrogen and oxygen atoms in total. The molecule has 1 aromatic carbocycles. The van der Waals surface area contributed by atoms with Crippen LogP contribution in [0.15, 0.2) is 24.8 Å². The minimum absolute atomic E-state index is 0.206. The van der Waals surface area contributed by atoms with Crippen molar-refractivity contribution >= 4 is 12.0 Å². The number of hydrogen-bond acceptors (Lipinski definition) is 3. The molecule has 0 bridgehead atoms. The molecule has 1 saturated heterocycles. The van der Waals surface area contributed by atoms with Crippen molar-refractivity contribution in [2.24, 2.45) is 0 Å². The van der Waals surface area contributed by atoms with E-state index in [1.165, 1.54) is 6.07 Å². The minimum atomic E-state index is -0.706. The van der Waals surface area contributed by atoms with Gasteiger partial charge >= 0.3 is 0 Å². The smallest absolute Gasteiger partial charge is 0.293 e. The monoisotopic (exact) mass is 339 g/mol. The van der Waals surface area contributed by atoms with Crippen LogP contribution in [0, 0.1) is 5.82 Å². The second-order valence-electron chi connectivity index (χ2n) is 7.05. The van der Waals surface area contributed by atoms with Crippen LogP contribution < -0.4 is 0 Å². The highest BCUT2D eigenvalue weighted by atomic mass is 19.1. The number of likely N-dealkylation sites (tertiary alicyclic amines) is 1. The van der Waals surface area contributed by atoms with Gasteiger partial charge in [-0.25, -0.2) is 8.78 Å². The molecule has 1 aliphatic heterocycles. The van der Waals surface area contributed by atoms with Crippen LogP contribution in [0.5, 0.6) is 0 Å². The van der Waals surface area contributed by atoms with Gasteiger partial charge in [0.15, 0.2) is 0 Å². The summed E-state index contributed by atoms with van der Waals surface area (Å²) < 4.78 is 30.8. The van der Waals surface area contributed by atoms with Crippen molar-refractivity contribution in [2.75, 3.05) is 26.8 Å². The Balaban J connectivity index is 0.000000351. The zero-order valence-electron chi connectivity index (χ0n) is 14.9. The van der Waals surface area contributed by atoms with Crippen molar-refractivity contribution in [3.63, 3.8) is 0 Å². The van der Waals surface area contributed by atoms with Crippen molar-refractivity contribution in [1.29, 1.82) is 0 Å². The van der Waals surface area contributed by atoms with Crippen molar-refractivity contribution in [1.82, 2.24) is 4.90 Å². The summed E-state index contributed by atoms with van der Waals surface area (Å²) in [5.41, 5.74) is 1.18. The maximum absolute atomic E-state index is 13.8. The van der Waals surface area contributed by atoms with E-state index in [2.05, 4.69) is 23.3 Å². The van der Waals surface area contributed by atoms with Crippen LogP contribution in [-0.2, 0) is 9.53 Å². The number of ether oxygens (including phenoxy) is 1. The molecular formula is C19H27F2NO2. The number of alkyl halides is 1. The van der Waals surface area contributed by atoms with Gasteiger partial charge in [-0.3, -0.25) is 4.79 Å². The Morgan fingerprint density at radius 2 is 2.12 bits per heavy atom. The average molecular weight is 339 g/mol. The molecule has 1 fully saturated rings. The molecule has 1 heterocycles. The van der Waals surface area contributed by atoms with Crippen molar-refractivity contribution < 1.29 is 18.3 Å². The van der Waals surface area contributed by atoms with E-state index in [9.17, 15) is 13.6 Å². The molecule has 0 aliphatic carbocycles. The third-order valence-electron chi connectivity index (χ3n) is 3.80. The van der Waals surface area contributed by atoms with Gasteiger partial charge < -0.3 is 9.64 Å². The number of hydrogen-bond donors (Lipinski definition) is 0. The Bertz CT molecular complexity index is 567. The number of rotatable bonds is 4. The highest BCUT2D eigenvalue weighted by Gasteiger charge is 2.22. The fraction of sp³-hybridized carbons (Fsp3) is 0.526. The first-order valence-electron chi connectivity index (χ1n) is 8.01. The Kier molecular flexibility index (Phi) is 7.55. The summed E-state index contributed by atoms with van der Waals surface area (Å²) in [6.45, 7) is 10.7. The number of carbonyl (C=O) groups is 1. The van der Waals surface area contributed by atoms with Crippen LogP contribution in [0.25, 0.3) is 5.57 Å². The number of halogens is 2. The first-order chi connectivity index (χ1) is 11.2. The van der Waals surface area contributed by atoms with Crippen LogP contribution in [0.3, 0.4) is 0 Å². The fourth-order valence-electron chi connectivity index (χ4n) is 2.50. The molecule has 5 heteroatoms. The summed E-state index contributed by atoms with van der Waals surface area (Å²) in [6.07, 6.45) is 1.05. The van der Waals surface area contributed by atoms with Crippen LogP contribution in [-0.4, -0.2) is 43.8 Å². The molecule has 1 aliphatic rings. The molecule has 1 atom stereocenters. The lowest BCUT2D eigenvalue weighted by Gasteiger charge is -2.14. The zero-order chi connectivity index (χ0) is 18.3. The lowest BCUT2D eigenvalue weighted by molar-refractivity contribution is -0.138. The third kappa shape index (κ3) is 6.40. The van der Waals surface area contributed by atoms with Gasteiger partial charge in [0.05, 0.1) is 0 Å². The third-order valence-corrected chi connectivity index (χ3v) is 3.80. The van der Waals surface area contributed by atoms with E-state index in [0.29, 0.717) is 18.0 Å². The van der Waals surface area contributed by atoms with Gasteiger partial charge in [0.25, 0.3) is 6.47 Å². The van der Waals surface area contributed by atoms with Gasteiger partial charge in [0, 0.05) is 12.1 Å². The maximum atomic E-state index is 13.8. The van der Waals surface area contributed by atoms with E-state index < -0.39 is 6.67 Å². The van der Waals surface area contributed by atoms with Crippen LogP contribution in [0.4, 0.5) is 8.78 Å². The van der Waals surface area contributed by atoms with Gasteiger partial charge in [0.2, 0.25) is 0 Å². The van der Waals surface area contributed by atoms with E-state index in [0.717, 1.165) is 25.1 Å². The number of nitrogens with zero attached hydrogens (tertiary/aromatic N) is 1. The number of benzene rings is 1. The van der Waals surface area contributed by atoms with Gasteiger partial charge in [-0.1, -0.05) is 18.7 Å². The minimum Gasteiger partial charge on any atom is -0.462 e. The molecule has 24 heavy (non-hydrogen) atoms. The molecule has 1 aromatic rings. The zero-order valence-corrected chi connectivity index (χ0v) is 14.9. The molecule has 1 unspecified atom stereocenters. The molecule has 0 saturated carbocycles. The van der Waals surface area contributed by atoms with Crippen LogP contribution in [0.1, 0.15) is 44.2 Å². The summed E-state index contributed by atoms with van der Waals surface area (Å²) in [5, 5.41) is 0.